The molecule has 0 unspecified atom stereocenters. The van der Waals surface area contributed by atoms with Crippen LogP contribution in [-0.2, 0) is 0 Å². The molecule has 1 aromatic rings. The molecule has 1 aliphatic carbocycles. The molecule has 1 saturated heterocycles. The van der Waals surface area contributed by atoms with Crippen LogP contribution in [0.15, 0.2) is 35.3 Å². The molecule has 0 atom stereocenters. The van der Waals surface area contributed by atoms with E-state index in [1.807, 2.05) is 0 Å². The minimum atomic E-state index is 0.536. The Balaban J connectivity index is 1.45. The van der Waals surface area contributed by atoms with Crippen LogP contribution in [0.1, 0.15) is 39.0 Å². The standard InChI is InChI=1S/C19H30N4/c1-2-20-19(21-13-10-16-8-9-16)22-17-11-14-23(15-12-17)18-6-4-3-5-7-18/h3-7,16-17H,2,8-15H2,1H3,(H2,20,21,22). The predicted octanol–water partition coefficient (Wildman–Crippen LogP) is 3.01. The molecular formula is C19H30N4. The topological polar surface area (TPSA) is 39.7 Å². The summed E-state index contributed by atoms with van der Waals surface area (Å²) >= 11 is 0. The van der Waals surface area contributed by atoms with Crippen molar-refractivity contribution in [2.24, 2.45) is 10.9 Å². The lowest BCUT2D eigenvalue weighted by molar-refractivity contribution is 0.461. The maximum Gasteiger partial charge on any atom is 0.191 e. The highest BCUT2D eigenvalue weighted by Crippen LogP contribution is 2.32. The lowest BCUT2D eigenvalue weighted by atomic mass is 10.0. The highest BCUT2D eigenvalue weighted by Gasteiger charge is 2.21. The van der Waals surface area contributed by atoms with Crippen molar-refractivity contribution >= 4 is 11.6 Å². The van der Waals surface area contributed by atoms with E-state index in [0.717, 1.165) is 38.1 Å². The fourth-order valence-electron chi connectivity index (χ4n) is 3.20. The number of hydrogen-bond acceptors (Lipinski definition) is 2. The quantitative estimate of drug-likeness (QED) is 0.626. The van der Waals surface area contributed by atoms with Crippen molar-refractivity contribution < 1.29 is 0 Å². The highest BCUT2D eigenvalue weighted by molar-refractivity contribution is 5.80. The molecule has 2 fully saturated rings. The first-order valence-corrected chi connectivity index (χ1v) is 9.20. The van der Waals surface area contributed by atoms with Crippen LogP contribution in [0, 0.1) is 5.92 Å². The predicted molar refractivity (Wildman–Crippen MR) is 98.1 cm³/mol. The van der Waals surface area contributed by atoms with Crippen LogP contribution in [-0.4, -0.2) is 38.2 Å². The molecule has 2 aliphatic rings. The number of aliphatic imine (C=N–C) groups is 1. The van der Waals surface area contributed by atoms with Crippen LogP contribution in [0.2, 0.25) is 0 Å². The molecule has 2 N–H and O–H groups in total. The van der Waals surface area contributed by atoms with E-state index in [2.05, 4.69) is 52.8 Å². The Kier molecular flexibility index (Phi) is 5.78. The van der Waals surface area contributed by atoms with Gasteiger partial charge < -0.3 is 15.5 Å². The molecule has 23 heavy (non-hydrogen) atoms. The van der Waals surface area contributed by atoms with Gasteiger partial charge in [-0.25, -0.2) is 0 Å². The van der Waals surface area contributed by atoms with Crippen molar-refractivity contribution in [1.29, 1.82) is 0 Å². The number of guanidine groups is 1. The van der Waals surface area contributed by atoms with E-state index >= 15 is 0 Å². The monoisotopic (exact) mass is 314 g/mol. The van der Waals surface area contributed by atoms with Crippen LogP contribution in [0.5, 0.6) is 0 Å². The fraction of sp³-hybridized carbons (Fsp3) is 0.632. The third-order valence-corrected chi connectivity index (χ3v) is 4.81. The van der Waals surface area contributed by atoms with Gasteiger partial charge in [0.05, 0.1) is 0 Å². The summed E-state index contributed by atoms with van der Waals surface area (Å²) < 4.78 is 0. The lowest BCUT2D eigenvalue weighted by Gasteiger charge is -2.34. The largest absolute Gasteiger partial charge is 0.371 e. The second-order valence-corrected chi connectivity index (χ2v) is 6.73. The Morgan fingerprint density at radius 2 is 1.87 bits per heavy atom. The van der Waals surface area contributed by atoms with E-state index in [-0.39, 0.29) is 0 Å². The third kappa shape index (κ3) is 5.15. The number of benzene rings is 1. The van der Waals surface area contributed by atoms with Crippen LogP contribution >= 0.6 is 0 Å². The molecular weight excluding hydrogens is 284 g/mol. The first-order valence-electron chi connectivity index (χ1n) is 9.20. The van der Waals surface area contributed by atoms with Crippen LogP contribution < -0.4 is 15.5 Å². The van der Waals surface area contributed by atoms with Gasteiger partial charge in [0.1, 0.15) is 0 Å². The maximum absolute atomic E-state index is 4.75. The first kappa shape index (κ1) is 16.2. The average molecular weight is 314 g/mol. The second kappa shape index (κ2) is 8.23. The molecule has 3 rings (SSSR count). The van der Waals surface area contributed by atoms with Gasteiger partial charge in [-0.15, -0.1) is 0 Å². The molecule has 0 aromatic heterocycles. The summed E-state index contributed by atoms with van der Waals surface area (Å²) in [4.78, 5) is 7.23. The molecule has 1 saturated carbocycles. The van der Waals surface area contributed by atoms with Gasteiger partial charge in [-0.2, -0.15) is 0 Å². The zero-order chi connectivity index (χ0) is 15.9. The number of nitrogens with one attached hydrogen (secondary N) is 2. The summed E-state index contributed by atoms with van der Waals surface area (Å²) in [5.74, 6) is 1.96. The van der Waals surface area contributed by atoms with Gasteiger partial charge in [0.25, 0.3) is 0 Å². The van der Waals surface area contributed by atoms with Gasteiger partial charge in [-0.05, 0) is 44.2 Å². The maximum atomic E-state index is 4.75. The van der Waals surface area contributed by atoms with Gasteiger partial charge in [0, 0.05) is 37.9 Å². The van der Waals surface area contributed by atoms with Gasteiger partial charge in [0.2, 0.25) is 0 Å². The Morgan fingerprint density at radius 1 is 1.13 bits per heavy atom. The number of piperidine rings is 1. The number of anilines is 1. The molecule has 0 spiro atoms. The van der Waals surface area contributed by atoms with E-state index in [1.165, 1.54) is 37.8 Å². The number of rotatable bonds is 6. The molecule has 126 valence electrons. The number of hydrogen-bond donors (Lipinski definition) is 2. The number of para-hydroxylation sites is 1. The summed E-state index contributed by atoms with van der Waals surface area (Å²) in [6.45, 7) is 6.25. The average Bonchev–Trinajstić information content (AvgIpc) is 3.41. The smallest absolute Gasteiger partial charge is 0.191 e. The zero-order valence-corrected chi connectivity index (χ0v) is 14.3. The normalized spacial score (nSPS) is 19.7. The van der Waals surface area contributed by atoms with Crippen LogP contribution in [0.4, 0.5) is 5.69 Å². The van der Waals surface area contributed by atoms with Crippen molar-refractivity contribution in [3.8, 4) is 0 Å². The van der Waals surface area contributed by atoms with E-state index < -0.39 is 0 Å². The van der Waals surface area contributed by atoms with E-state index in [9.17, 15) is 0 Å². The molecule has 1 heterocycles. The van der Waals surface area contributed by atoms with Crippen molar-refractivity contribution in [3.63, 3.8) is 0 Å². The zero-order valence-electron chi connectivity index (χ0n) is 14.3. The summed E-state index contributed by atoms with van der Waals surface area (Å²) in [6.07, 6.45) is 6.42. The fourth-order valence-corrected chi connectivity index (χ4v) is 3.20. The van der Waals surface area contributed by atoms with Crippen LogP contribution in [0.3, 0.4) is 0 Å². The third-order valence-electron chi connectivity index (χ3n) is 4.81. The second-order valence-electron chi connectivity index (χ2n) is 6.73. The summed E-state index contributed by atoms with van der Waals surface area (Å²) in [7, 11) is 0. The lowest BCUT2D eigenvalue weighted by Crippen LogP contribution is -2.48. The minimum absolute atomic E-state index is 0.536. The first-order chi connectivity index (χ1) is 11.3. The summed E-state index contributed by atoms with van der Waals surface area (Å²) in [5.41, 5.74) is 1.34. The Hall–Kier alpha value is -1.71. The summed E-state index contributed by atoms with van der Waals surface area (Å²) in [5, 5.41) is 7.03. The van der Waals surface area contributed by atoms with Gasteiger partial charge in [-0.3, -0.25) is 4.99 Å². The van der Waals surface area contributed by atoms with Gasteiger partial charge in [0.15, 0.2) is 5.96 Å². The van der Waals surface area contributed by atoms with Crippen molar-refractivity contribution in [2.45, 2.75) is 45.1 Å². The SMILES string of the molecule is CCNC(=NCCC1CC1)NC1CCN(c2ccccc2)CC1. The minimum Gasteiger partial charge on any atom is -0.371 e. The van der Waals surface area contributed by atoms with Crippen LogP contribution in [0.25, 0.3) is 0 Å². The Morgan fingerprint density at radius 3 is 2.52 bits per heavy atom. The van der Waals surface area contributed by atoms with E-state index in [0.29, 0.717) is 6.04 Å². The molecule has 4 nitrogen and oxygen atoms in total. The van der Waals surface area contributed by atoms with E-state index in [1.54, 1.807) is 0 Å². The molecule has 4 heteroatoms. The molecule has 0 amide bonds. The molecule has 0 bridgehead atoms. The van der Waals surface area contributed by atoms with Crippen molar-refractivity contribution in [2.75, 3.05) is 31.1 Å². The van der Waals surface area contributed by atoms with Crippen molar-refractivity contribution in [3.05, 3.63) is 30.3 Å². The Bertz CT molecular complexity index is 487. The molecule has 1 aliphatic heterocycles. The van der Waals surface area contributed by atoms with E-state index in [4.69, 9.17) is 4.99 Å². The molecule has 0 radical (unpaired) electrons. The van der Waals surface area contributed by atoms with Gasteiger partial charge >= 0.3 is 0 Å². The van der Waals surface area contributed by atoms with Gasteiger partial charge in [-0.1, -0.05) is 31.0 Å². The van der Waals surface area contributed by atoms with Crippen molar-refractivity contribution in [1.82, 2.24) is 10.6 Å². The Labute approximate surface area is 140 Å². The number of nitrogens with zero attached hydrogens (tertiary/aromatic N) is 2. The summed E-state index contributed by atoms with van der Waals surface area (Å²) in [6, 6.07) is 11.3. The highest BCUT2D eigenvalue weighted by atomic mass is 15.2. The molecule has 1 aromatic carbocycles.